The molecule has 1 heterocycles. The van der Waals surface area contributed by atoms with Crippen LogP contribution >= 0.6 is 0 Å². The second-order valence-electron chi connectivity index (χ2n) is 3.91. The summed E-state index contributed by atoms with van der Waals surface area (Å²) >= 11 is 0. The van der Waals surface area contributed by atoms with E-state index in [1.165, 1.54) is 0 Å². The summed E-state index contributed by atoms with van der Waals surface area (Å²) in [5, 5.41) is 0. The molecule has 1 aromatic rings. The number of methoxy groups -OCH3 is 1. The van der Waals surface area contributed by atoms with Gasteiger partial charge < -0.3 is 14.2 Å². The van der Waals surface area contributed by atoms with Crippen LogP contribution in [0.25, 0.3) is 0 Å². The number of esters is 1. The van der Waals surface area contributed by atoms with Gasteiger partial charge in [0.2, 0.25) is 0 Å². The van der Waals surface area contributed by atoms with E-state index in [4.69, 9.17) is 14.2 Å². The highest BCUT2D eigenvalue weighted by atomic mass is 16.6. The van der Waals surface area contributed by atoms with Gasteiger partial charge >= 0.3 is 5.97 Å². The van der Waals surface area contributed by atoms with E-state index < -0.39 is 0 Å². The molecule has 4 nitrogen and oxygen atoms in total. The zero-order valence-electron chi connectivity index (χ0n) is 10.1. The highest BCUT2D eigenvalue weighted by Crippen LogP contribution is 2.26. The molecule has 0 spiro atoms. The highest BCUT2D eigenvalue weighted by molar-refractivity contribution is 5.90. The predicted molar refractivity (Wildman–Crippen MR) is 62.0 cm³/mol. The van der Waals surface area contributed by atoms with Crippen molar-refractivity contribution in [3.63, 3.8) is 0 Å². The minimum atomic E-state index is -0.320. The van der Waals surface area contributed by atoms with Crippen LogP contribution in [0.4, 0.5) is 0 Å². The van der Waals surface area contributed by atoms with Crippen molar-refractivity contribution < 1.29 is 19.0 Å². The van der Waals surface area contributed by atoms with E-state index in [0.717, 1.165) is 11.3 Å². The Morgan fingerprint density at radius 3 is 2.47 bits per heavy atom. The first-order valence-corrected chi connectivity index (χ1v) is 5.30. The Balaban J connectivity index is 2.25. The lowest BCUT2D eigenvalue weighted by Gasteiger charge is -2.09. The van der Waals surface area contributed by atoms with Crippen LogP contribution in [0.2, 0.25) is 0 Å². The molecule has 1 aliphatic rings. The molecule has 0 saturated heterocycles. The van der Waals surface area contributed by atoms with Gasteiger partial charge in [-0.1, -0.05) is 0 Å². The monoisotopic (exact) mass is 234 g/mol. The quantitative estimate of drug-likeness (QED) is 0.752. The van der Waals surface area contributed by atoms with Gasteiger partial charge in [-0.15, -0.1) is 0 Å². The third-order valence-electron chi connectivity index (χ3n) is 2.56. The summed E-state index contributed by atoms with van der Waals surface area (Å²) in [6, 6.07) is 5.56. The molecule has 0 amide bonds. The van der Waals surface area contributed by atoms with Crippen molar-refractivity contribution in [1.82, 2.24) is 0 Å². The standard InChI is InChI=1S/C13H14O4/c1-8-4-10(15-3)6-11(5-8)17-12-7-16-13(14)9(12)2/h4-6H,7H2,1-3H3. The van der Waals surface area contributed by atoms with Gasteiger partial charge in [-0.25, -0.2) is 4.79 Å². The zero-order valence-corrected chi connectivity index (χ0v) is 10.1. The van der Waals surface area contributed by atoms with Crippen LogP contribution < -0.4 is 9.47 Å². The fourth-order valence-corrected chi connectivity index (χ4v) is 1.60. The van der Waals surface area contributed by atoms with Gasteiger partial charge in [0, 0.05) is 6.07 Å². The van der Waals surface area contributed by atoms with E-state index in [-0.39, 0.29) is 12.6 Å². The summed E-state index contributed by atoms with van der Waals surface area (Å²) in [6.45, 7) is 3.84. The zero-order chi connectivity index (χ0) is 12.4. The molecule has 17 heavy (non-hydrogen) atoms. The van der Waals surface area contributed by atoms with Crippen LogP contribution in [0, 0.1) is 6.92 Å². The van der Waals surface area contributed by atoms with Crippen LogP contribution in [0.5, 0.6) is 11.5 Å². The van der Waals surface area contributed by atoms with Crippen molar-refractivity contribution in [2.24, 2.45) is 0 Å². The Morgan fingerprint density at radius 1 is 1.18 bits per heavy atom. The molecule has 0 radical (unpaired) electrons. The number of aryl methyl sites for hydroxylation is 1. The fraction of sp³-hybridized carbons (Fsp3) is 0.308. The van der Waals surface area contributed by atoms with E-state index in [2.05, 4.69) is 0 Å². The lowest BCUT2D eigenvalue weighted by molar-refractivity contribution is -0.136. The average molecular weight is 234 g/mol. The van der Waals surface area contributed by atoms with Gasteiger partial charge in [-0.05, 0) is 31.5 Å². The number of rotatable bonds is 3. The van der Waals surface area contributed by atoms with Gasteiger partial charge in [0.15, 0.2) is 5.76 Å². The Kier molecular flexibility index (Phi) is 3.04. The molecule has 4 heteroatoms. The van der Waals surface area contributed by atoms with Crippen LogP contribution in [-0.4, -0.2) is 19.7 Å². The van der Waals surface area contributed by atoms with E-state index in [1.54, 1.807) is 20.1 Å². The first kappa shape index (κ1) is 11.5. The SMILES string of the molecule is COc1cc(C)cc(OC2=C(C)C(=O)OC2)c1. The maximum Gasteiger partial charge on any atom is 0.337 e. The molecule has 0 aliphatic carbocycles. The number of benzene rings is 1. The molecule has 0 aromatic heterocycles. The normalized spacial score (nSPS) is 14.9. The Bertz CT molecular complexity index is 488. The minimum absolute atomic E-state index is 0.195. The lowest BCUT2D eigenvalue weighted by Crippen LogP contribution is -1.99. The summed E-state index contributed by atoms with van der Waals surface area (Å²) < 4.78 is 15.7. The first-order chi connectivity index (χ1) is 8.10. The highest BCUT2D eigenvalue weighted by Gasteiger charge is 2.22. The molecule has 0 unspecified atom stereocenters. The number of carbonyl (C=O) groups excluding carboxylic acids is 1. The van der Waals surface area contributed by atoms with Gasteiger partial charge in [0.05, 0.1) is 12.7 Å². The average Bonchev–Trinajstić information content (AvgIpc) is 2.60. The summed E-state index contributed by atoms with van der Waals surface area (Å²) in [6.07, 6.45) is 0. The summed E-state index contributed by atoms with van der Waals surface area (Å²) in [4.78, 5) is 11.2. The van der Waals surface area contributed by atoms with Gasteiger partial charge in [0.1, 0.15) is 18.1 Å². The summed E-state index contributed by atoms with van der Waals surface area (Å²) in [7, 11) is 1.60. The second-order valence-corrected chi connectivity index (χ2v) is 3.91. The Morgan fingerprint density at radius 2 is 1.88 bits per heavy atom. The number of ether oxygens (including phenoxy) is 3. The molecule has 2 rings (SSSR count). The van der Waals surface area contributed by atoms with Crippen molar-refractivity contribution in [3.05, 3.63) is 35.1 Å². The second kappa shape index (κ2) is 4.49. The van der Waals surface area contributed by atoms with E-state index in [9.17, 15) is 4.79 Å². The van der Waals surface area contributed by atoms with Crippen molar-refractivity contribution in [3.8, 4) is 11.5 Å². The van der Waals surface area contributed by atoms with E-state index >= 15 is 0 Å². The number of carbonyl (C=O) groups is 1. The number of hydrogen-bond acceptors (Lipinski definition) is 4. The summed E-state index contributed by atoms with van der Waals surface area (Å²) in [5.74, 6) is 1.61. The molecule has 0 fully saturated rings. The lowest BCUT2D eigenvalue weighted by atomic mass is 10.2. The van der Waals surface area contributed by atoms with Gasteiger partial charge in [-0.3, -0.25) is 0 Å². The molecule has 1 aromatic carbocycles. The first-order valence-electron chi connectivity index (χ1n) is 5.30. The van der Waals surface area contributed by atoms with Crippen LogP contribution in [0.15, 0.2) is 29.5 Å². The molecule has 0 N–H and O–H groups in total. The molecular formula is C13H14O4. The smallest absolute Gasteiger partial charge is 0.337 e. The Labute approximate surface area is 99.8 Å². The minimum Gasteiger partial charge on any atom is -0.497 e. The van der Waals surface area contributed by atoms with Crippen molar-refractivity contribution in [2.75, 3.05) is 13.7 Å². The Hall–Kier alpha value is -1.97. The molecule has 0 saturated carbocycles. The largest absolute Gasteiger partial charge is 0.497 e. The molecule has 90 valence electrons. The third kappa shape index (κ3) is 2.41. The van der Waals surface area contributed by atoms with Gasteiger partial charge in [-0.2, -0.15) is 0 Å². The van der Waals surface area contributed by atoms with Gasteiger partial charge in [0.25, 0.3) is 0 Å². The molecular weight excluding hydrogens is 220 g/mol. The fourth-order valence-electron chi connectivity index (χ4n) is 1.60. The maximum absolute atomic E-state index is 11.2. The number of cyclic esters (lactones) is 1. The van der Waals surface area contributed by atoms with E-state index in [1.807, 2.05) is 19.1 Å². The van der Waals surface area contributed by atoms with Crippen LogP contribution in [-0.2, 0) is 9.53 Å². The van der Waals surface area contributed by atoms with Crippen LogP contribution in [0.1, 0.15) is 12.5 Å². The topological polar surface area (TPSA) is 44.8 Å². The molecule has 0 atom stereocenters. The summed E-state index contributed by atoms with van der Waals surface area (Å²) in [5.41, 5.74) is 1.55. The third-order valence-corrected chi connectivity index (χ3v) is 2.56. The van der Waals surface area contributed by atoms with Crippen molar-refractivity contribution >= 4 is 5.97 Å². The molecule has 1 aliphatic heterocycles. The van der Waals surface area contributed by atoms with E-state index in [0.29, 0.717) is 17.1 Å². The number of hydrogen-bond donors (Lipinski definition) is 0. The van der Waals surface area contributed by atoms with Crippen molar-refractivity contribution in [2.45, 2.75) is 13.8 Å². The van der Waals surface area contributed by atoms with Crippen LogP contribution in [0.3, 0.4) is 0 Å². The maximum atomic E-state index is 11.2. The predicted octanol–water partition coefficient (Wildman–Crippen LogP) is 2.21. The van der Waals surface area contributed by atoms with Crippen molar-refractivity contribution in [1.29, 1.82) is 0 Å². The molecule has 0 bridgehead atoms.